The molecule has 0 saturated carbocycles. The number of hydrogen-bond acceptors (Lipinski definition) is 2. The Balaban J connectivity index is 0.000000791. The first-order chi connectivity index (χ1) is 6.83. The molecular weight excluding hydrogens is 174 g/mol. The van der Waals surface area contributed by atoms with Gasteiger partial charge in [-0.3, -0.25) is 0 Å². The third kappa shape index (κ3) is 5.57. The van der Waals surface area contributed by atoms with Gasteiger partial charge in [0, 0.05) is 12.3 Å². The minimum Gasteiger partial charge on any atom is -0.475 e. The van der Waals surface area contributed by atoms with E-state index in [2.05, 4.69) is 18.8 Å². The molecule has 1 aromatic heterocycles. The van der Waals surface area contributed by atoms with Crippen molar-refractivity contribution >= 4 is 0 Å². The van der Waals surface area contributed by atoms with Gasteiger partial charge in [0.1, 0.15) is 0 Å². The minimum absolute atomic E-state index is 0.268. The van der Waals surface area contributed by atoms with Crippen molar-refractivity contribution in [3.8, 4) is 5.88 Å². The Bertz CT molecular complexity index is 211. The summed E-state index contributed by atoms with van der Waals surface area (Å²) in [5.74, 6) is 0.721. The predicted molar refractivity (Wildman–Crippen MR) is 60.6 cm³/mol. The lowest BCUT2D eigenvalue weighted by atomic mass is 10.2. The molecule has 2 nitrogen and oxygen atoms in total. The molecule has 0 radical (unpaired) electrons. The summed E-state index contributed by atoms with van der Waals surface area (Å²) < 4.78 is 5.54. The van der Waals surface area contributed by atoms with Crippen LogP contribution in [-0.2, 0) is 0 Å². The molecule has 0 spiro atoms. The van der Waals surface area contributed by atoms with Crippen molar-refractivity contribution in [2.24, 2.45) is 0 Å². The quantitative estimate of drug-likeness (QED) is 0.731. The molecule has 14 heavy (non-hydrogen) atoms. The molecule has 1 aromatic rings. The van der Waals surface area contributed by atoms with E-state index in [0.717, 1.165) is 18.7 Å². The molecule has 1 atom stereocenters. The van der Waals surface area contributed by atoms with Gasteiger partial charge >= 0.3 is 0 Å². The van der Waals surface area contributed by atoms with Crippen LogP contribution in [-0.4, -0.2) is 11.1 Å². The van der Waals surface area contributed by atoms with Crippen molar-refractivity contribution in [2.75, 3.05) is 0 Å². The zero-order chi connectivity index (χ0) is 10.8. The molecule has 2 heteroatoms. The number of hydrogen-bond donors (Lipinski definition) is 0. The second kappa shape index (κ2) is 8.54. The van der Waals surface area contributed by atoms with E-state index in [1.807, 2.05) is 32.0 Å². The molecule has 80 valence electrons. The van der Waals surface area contributed by atoms with Gasteiger partial charge in [-0.1, -0.05) is 33.3 Å². The van der Waals surface area contributed by atoms with Gasteiger partial charge in [0.25, 0.3) is 0 Å². The second-order valence-corrected chi connectivity index (χ2v) is 2.89. The van der Waals surface area contributed by atoms with Gasteiger partial charge in [-0.15, -0.1) is 0 Å². The summed E-state index contributed by atoms with van der Waals surface area (Å²) in [6.45, 7) is 8.22. The highest BCUT2D eigenvalue weighted by atomic mass is 16.5. The summed E-state index contributed by atoms with van der Waals surface area (Å²) >= 11 is 0. The summed E-state index contributed by atoms with van der Waals surface area (Å²) in [4.78, 5) is 4.08. The van der Waals surface area contributed by atoms with Crippen LogP contribution in [0.25, 0.3) is 0 Å². The zero-order valence-electron chi connectivity index (χ0n) is 9.66. The average molecular weight is 195 g/mol. The van der Waals surface area contributed by atoms with Crippen LogP contribution in [0.3, 0.4) is 0 Å². The van der Waals surface area contributed by atoms with Gasteiger partial charge in [-0.05, 0) is 19.4 Å². The Labute approximate surface area is 87.3 Å². The molecule has 1 rings (SSSR count). The fourth-order valence-electron chi connectivity index (χ4n) is 1.09. The van der Waals surface area contributed by atoms with E-state index in [4.69, 9.17) is 4.74 Å². The van der Waals surface area contributed by atoms with Crippen LogP contribution in [0.2, 0.25) is 0 Å². The fraction of sp³-hybridized carbons (Fsp3) is 0.583. The lowest BCUT2D eigenvalue weighted by Crippen LogP contribution is -2.11. The van der Waals surface area contributed by atoms with Crippen molar-refractivity contribution in [3.05, 3.63) is 24.4 Å². The molecule has 1 heterocycles. The lowest BCUT2D eigenvalue weighted by Gasteiger charge is -2.11. The molecule has 0 aliphatic carbocycles. The highest BCUT2D eigenvalue weighted by Gasteiger charge is 2.01. The average Bonchev–Trinajstić information content (AvgIpc) is 2.22. The number of rotatable bonds is 4. The Morgan fingerprint density at radius 1 is 1.36 bits per heavy atom. The number of aromatic nitrogens is 1. The standard InChI is InChI=1S/C10H15NO.C2H6/c1-3-6-9(2)12-10-7-4-5-8-11-10;1-2/h4-5,7-9H,3,6H2,1-2H3;1-2H3. The Hall–Kier alpha value is -1.05. The fourth-order valence-corrected chi connectivity index (χ4v) is 1.09. The molecule has 0 aliphatic heterocycles. The molecular formula is C12H21NO. The minimum atomic E-state index is 0.268. The van der Waals surface area contributed by atoms with Crippen LogP contribution in [0.4, 0.5) is 0 Å². The van der Waals surface area contributed by atoms with Gasteiger partial charge in [-0.25, -0.2) is 4.98 Å². The topological polar surface area (TPSA) is 22.1 Å². The largest absolute Gasteiger partial charge is 0.475 e. The van der Waals surface area contributed by atoms with E-state index in [1.54, 1.807) is 6.20 Å². The van der Waals surface area contributed by atoms with Crippen LogP contribution in [0.1, 0.15) is 40.5 Å². The van der Waals surface area contributed by atoms with Gasteiger partial charge in [0.05, 0.1) is 6.10 Å². The monoisotopic (exact) mass is 195 g/mol. The first kappa shape index (κ1) is 12.9. The van der Waals surface area contributed by atoms with Crippen LogP contribution < -0.4 is 4.74 Å². The maximum Gasteiger partial charge on any atom is 0.213 e. The summed E-state index contributed by atoms with van der Waals surface area (Å²) in [5.41, 5.74) is 0. The summed E-state index contributed by atoms with van der Waals surface area (Å²) in [7, 11) is 0. The van der Waals surface area contributed by atoms with Gasteiger partial charge in [0.15, 0.2) is 0 Å². The molecule has 0 aromatic carbocycles. The molecule has 0 amide bonds. The van der Waals surface area contributed by atoms with E-state index in [0.29, 0.717) is 0 Å². The van der Waals surface area contributed by atoms with Crippen molar-refractivity contribution in [1.29, 1.82) is 0 Å². The van der Waals surface area contributed by atoms with Crippen molar-refractivity contribution in [1.82, 2.24) is 4.98 Å². The Kier molecular flexibility index (Phi) is 7.90. The van der Waals surface area contributed by atoms with E-state index >= 15 is 0 Å². The Morgan fingerprint density at radius 3 is 2.57 bits per heavy atom. The highest BCUT2D eigenvalue weighted by molar-refractivity contribution is 5.09. The first-order valence-electron chi connectivity index (χ1n) is 5.40. The third-order valence-electron chi connectivity index (χ3n) is 1.65. The van der Waals surface area contributed by atoms with Crippen LogP contribution in [0, 0.1) is 0 Å². The summed E-state index contributed by atoms with van der Waals surface area (Å²) in [6, 6.07) is 5.70. The predicted octanol–water partition coefficient (Wildman–Crippen LogP) is 3.68. The van der Waals surface area contributed by atoms with Gasteiger partial charge < -0.3 is 4.74 Å². The molecule has 0 fully saturated rings. The van der Waals surface area contributed by atoms with Crippen LogP contribution >= 0.6 is 0 Å². The zero-order valence-corrected chi connectivity index (χ0v) is 9.66. The second-order valence-electron chi connectivity index (χ2n) is 2.89. The number of ether oxygens (including phenoxy) is 1. The van der Waals surface area contributed by atoms with E-state index in [-0.39, 0.29) is 6.10 Å². The number of nitrogens with zero attached hydrogens (tertiary/aromatic N) is 1. The van der Waals surface area contributed by atoms with Crippen molar-refractivity contribution in [2.45, 2.75) is 46.6 Å². The van der Waals surface area contributed by atoms with Gasteiger partial charge in [-0.2, -0.15) is 0 Å². The SMILES string of the molecule is CC.CCCC(C)Oc1ccccn1. The summed E-state index contributed by atoms with van der Waals surface area (Å²) in [6.07, 6.45) is 4.24. The molecule has 0 N–H and O–H groups in total. The van der Waals surface area contributed by atoms with Crippen LogP contribution in [0.15, 0.2) is 24.4 Å². The van der Waals surface area contributed by atoms with Crippen molar-refractivity contribution < 1.29 is 4.74 Å². The first-order valence-corrected chi connectivity index (χ1v) is 5.40. The van der Waals surface area contributed by atoms with E-state index < -0.39 is 0 Å². The molecule has 1 unspecified atom stereocenters. The number of pyridine rings is 1. The van der Waals surface area contributed by atoms with E-state index in [1.165, 1.54) is 0 Å². The van der Waals surface area contributed by atoms with Gasteiger partial charge in [0.2, 0.25) is 5.88 Å². The third-order valence-corrected chi connectivity index (χ3v) is 1.65. The maximum atomic E-state index is 5.54. The molecule has 0 saturated heterocycles. The van der Waals surface area contributed by atoms with E-state index in [9.17, 15) is 0 Å². The summed E-state index contributed by atoms with van der Waals surface area (Å²) in [5, 5.41) is 0. The normalized spacial score (nSPS) is 11.1. The smallest absolute Gasteiger partial charge is 0.213 e. The van der Waals surface area contributed by atoms with Crippen LogP contribution in [0.5, 0.6) is 5.88 Å². The van der Waals surface area contributed by atoms with Crippen molar-refractivity contribution in [3.63, 3.8) is 0 Å². The molecule has 0 aliphatic rings. The molecule has 0 bridgehead atoms. The highest BCUT2D eigenvalue weighted by Crippen LogP contribution is 2.08. The lowest BCUT2D eigenvalue weighted by molar-refractivity contribution is 0.201. The Morgan fingerprint density at radius 2 is 2.07 bits per heavy atom. The maximum absolute atomic E-state index is 5.54.